The summed E-state index contributed by atoms with van der Waals surface area (Å²) < 4.78 is 2.00. The van der Waals surface area contributed by atoms with Gasteiger partial charge in [0.1, 0.15) is 0 Å². The molecule has 0 aliphatic carbocycles. The van der Waals surface area contributed by atoms with Gasteiger partial charge in [0.05, 0.1) is 17.6 Å². The van der Waals surface area contributed by atoms with Gasteiger partial charge in [-0.15, -0.1) is 0 Å². The smallest absolute Gasteiger partial charge is 0.226 e. The quantitative estimate of drug-likeness (QED) is 0.468. The third kappa shape index (κ3) is 4.70. The third-order valence-electron chi connectivity index (χ3n) is 4.35. The van der Waals surface area contributed by atoms with Crippen molar-refractivity contribution in [3.05, 3.63) is 66.4 Å². The van der Waals surface area contributed by atoms with Crippen LogP contribution in [0.1, 0.15) is 24.2 Å². The fourth-order valence-electron chi connectivity index (χ4n) is 2.64. The van der Waals surface area contributed by atoms with E-state index in [1.807, 2.05) is 62.0 Å². The first-order valence-electron chi connectivity index (χ1n) is 9.09. The topological polar surface area (TPSA) is 64.0 Å². The van der Waals surface area contributed by atoms with Gasteiger partial charge in [-0.2, -0.15) is 0 Å². The Hall–Kier alpha value is -2.86. The molecule has 1 aromatic heterocycles. The van der Waals surface area contributed by atoms with Crippen molar-refractivity contribution >= 4 is 29.1 Å². The molecule has 1 heterocycles. The number of thioether (sulfide) groups is 1. The highest BCUT2D eigenvalue weighted by molar-refractivity contribution is 7.99. The Morgan fingerprint density at radius 3 is 2.39 bits per heavy atom. The average Bonchev–Trinajstić information content (AvgIpc) is 3.07. The van der Waals surface area contributed by atoms with Gasteiger partial charge >= 0.3 is 0 Å². The molecule has 5 nitrogen and oxygen atoms in total. The number of Topliss-reactive ketones (excluding diaryl/α,β-unsaturated/α-hetero) is 1. The zero-order chi connectivity index (χ0) is 20.1. The van der Waals surface area contributed by atoms with Crippen LogP contribution in [-0.4, -0.2) is 27.0 Å². The minimum atomic E-state index is -0.0868. The van der Waals surface area contributed by atoms with Gasteiger partial charge in [0.25, 0.3) is 0 Å². The molecule has 0 atom stereocenters. The number of nitrogens with one attached hydrogen (secondary N) is 1. The molecule has 144 valence electrons. The number of hydrogen-bond acceptors (Lipinski definition) is 4. The van der Waals surface area contributed by atoms with Crippen LogP contribution in [0.5, 0.6) is 0 Å². The van der Waals surface area contributed by atoms with Gasteiger partial charge < -0.3 is 9.88 Å². The SMILES string of the molecule is CC(C)C(=O)Nc1ccc(C(=O)CSc2ncc(-c3ccccc3)n2C)cc1. The lowest BCUT2D eigenvalue weighted by molar-refractivity contribution is -0.118. The van der Waals surface area contributed by atoms with Crippen LogP contribution in [0.4, 0.5) is 5.69 Å². The molecule has 0 aliphatic heterocycles. The van der Waals surface area contributed by atoms with Crippen LogP contribution < -0.4 is 5.32 Å². The lowest BCUT2D eigenvalue weighted by Crippen LogP contribution is -2.17. The van der Waals surface area contributed by atoms with Crippen LogP contribution in [-0.2, 0) is 11.8 Å². The maximum Gasteiger partial charge on any atom is 0.226 e. The number of anilines is 1. The van der Waals surface area contributed by atoms with Gasteiger partial charge in [0.2, 0.25) is 5.91 Å². The van der Waals surface area contributed by atoms with Gasteiger partial charge in [-0.3, -0.25) is 9.59 Å². The number of carbonyl (C=O) groups is 2. The molecule has 0 spiro atoms. The molecule has 2 aromatic carbocycles. The van der Waals surface area contributed by atoms with E-state index < -0.39 is 0 Å². The molecular weight excluding hydrogens is 370 g/mol. The predicted octanol–water partition coefficient (Wildman–Crippen LogP) is 4.66. The van der Waals surface area contributed by atoms with Gasteiger partial charge in [-0.05, 0) is 29.8 Å². The fraction of sp³-hybridized carbons (Fsp3) is 0.227. The average molecular weight is 394 g/mol. The third-order valence-corrected chi connectivity index (χ3v) is 5.39. The number of benzene rings is 2. The lowest BCUT2D eigenvalue weighted by Gasteiger charge is -2.08. The van der Waals surface area contributed by atoms with Gasteiger partial charge in [-0.25, -0.2) is 4.98 Å². The van der Waals surface area contributed by atoms with E-state index in [4.69, 9.17) is 0 Å². The van der Waals surface area contributed by atoms with Crippen LogP contribution in [0.3, 0.4) is 0 Å². The Balaban J connectivity index is 1.62. The summed E-state index contributed by atoms with van der Waals surface area (Å²) in [6.45, 7) is 3.68. The Labute approximate surface area is 169 Å². The number of nitrogens with zero attached hydrogens (tertiary/aromatic N) is 2. The Bertz CT molecular complexity index is 963. The van der Waals surface area contributed by atoms with Crippen molar-refractivity contribution in [2.75, 3.05) is 11.1 Å². The van der Waals surface area contributed by atoms with Crippen molar-refractivity contribution in [2.24, 2.45) is 13.0 Å². The summed E-state index contributed by atoms with van der Waals surface area (Å²) in [7, 11) is 1.95. The van der Waals surface area contributed by atoms with Crippen LogP contribution >= 0.6 is 11.8 Å². The highest BCUT2D eigenvalue weighted by atomic mass is 32.2. The molecule has 1 amide bonds. The zero-order valence-corrected chi connectivity index (χ0v) is 17.0. The second-order valence-corrected chi connectivity index (χ2v) is 7.73. The number of imidazole rings is 1. The highest BCUT2D eigenvalue weighted by Crippen LogP contribution is 2.25. The molecular formula is C22H23N3O2S. The summed E-state index contributed by atoms with van der Waals surface area (Å²) in [5.41, 5.74) is 3.42. The van der Waals surface area contributed by atoms with E-state index in [1.54, 1.807) is 24.3 Å². The summed E-state index contributed by atoms with van der Waals surface area (Å²) in [4.78, 5) is 28.7. The van der Waals surface area contributed by atoms with E-state index in [0.717, 1.165) is 16.4 Å². The van der Waals surface area contributed by atoms with Crippen molar-refractivity contribution in [3.63, 3.8) is 0 Å². The first kappa shape index (κ1) is 19.9. The van der Waals surface area contributed by atoms with Crippen LogP contribution in [0.25, 0.3) is 11.3 Å². The largest absolute Gasteiger partial charge is 0.326 e. The number of hydrogen-bond donors (Lipinski definition) is 1. The van der Waals surface area contributed by atoms with E-state index in [-0.39, 0.29) is 17.6 Å². The van der Waals surface area contributed by atoms with Crippen molar-refractivity contribution in [3.8, 4) is 11.3 Å². The molecule has 1 N–H and O–H groups in total. The Morgan fingerprint density at radius 1 is 1.07 bits per heavy atom. The van der Waals surface area contributed by atoms with Crippen molar-refractivity contribution < 1.29 is 9.59 Å². The van der Waals surface area contributed by atoms with Crippen molar-refractivity contribution in [1.29, 1.82) is 0 Å². The van der Waals surface area contributed by atoms with E-state index in [9.17, 15) is 9.59 Å². The minimum absolute atomic E-state index is 0.0241. The molecule has 0 saturated carbocycles. The fourth-order valence-corrected chi connectivity index (χ4v) is 3.49. The number of carbonyl (C=O) groups excluding carboxylic acids is 2. The molecule has 0 aliphatic rings. The monoisotopic (exact) mass is 393 g/mol. The van der Waals surface area contributed by atoms with E-state index in [2.05, 4.69) is 10.3 Å². The molecule has 0 fully saturated rings. The van der Waals surface area contributed by atoms with E-state index >= 15 is 0 Å². The molecule has 3 rings (SSSR count). The molecule has 0 saturated heterocycles. The van der Waals surface area contributed by atoms with Crippen LogP contribution in [0.2, 0.25) is 0 Å². The van der Waals surface area contributed by atoms with Crippen LogP contribution in [0, 0.1) is 5.92 Å². The second-order valence-electron chi connectivity index (χ2n) is 6.78. The van der Waals surface area contributed by atoms with Crippen molar-refractivity contribution in [2.45, 2.75) is 19.0 Å². The standard InChI is InChI=1S/C22H23N3O2S/c1-15(2)21(27)24-18-11-9-17(10-12-18)20(26)14-28-22-23-13-19(25(22)3)16-7-5-4-6-8-16/h4-13,15H,14H2,1-3H3,(H,24,27). The normalized spacial score (nSPS) is 10.9. The summed E-state index contributed by atoms with van der Waals surface area (Å²) in [5, 5.41) is 3.62. The van der Waals surface area contributed by atoms with Crippen molar-refractivity contribution in [1.82, 2.24) is 9.55 Å². The lowest BCUT2D eigenvalue weighted by atomic mass is 10.1. The maximum atomic E-state index is 12.5. The molecule has 0 unspecified atom stereocenters. The second kappa shape index (κ2) is 8.89. The molecule has 6 heteroatoms. The number of rotatable bonds is 7. The molecule has 0 radical (unpaired) electrons. The van der Waals surface area contributed by atoms with Gasteiger partial charge in [-0.1, -0.05) is 55.9 Å². The number of amides is 1. The van der Waals surface area contributed by atoms with Gasteiger partial charge in [0.15, 0.2) is 10.9 Å². The highest BCUT2D eigenvalue weighted by Gasteiger charge is 2.13. The van der Waals surface area contributed by atoms with Gasteiger partial charge in [0, 0.05) is 24.2 Å². The maximum absolute atomic E-state index is 12.5. The first-order valence-corrected chi connectivity index (χ1v) is 10.1. The Morgan fingerprint density at radius 2 is 1.75 bits per heavy atom. The van der Waals surface area contributed by atoms with Crippen LogP contribution in [0.15, 0.2) is 66.0 Å². The predicted molar refractivity (Wildman–Crippen MR) is 114 cm³/mol. The molecule has 28 heavy (non-hydrogen) atoms. The number of aromatic nitrogens is 2. The summed E-state index contributed by atoms with van der Waals surface area (Å²) >= 11 is 1.42. The Kier molecular flexibility index (Phi) is 6.31. The molecule has 3 aromatic rings. The minimum Gasteiger partial charge on any atom is -0.326 e. The summed E-state index contributed by atoms with van der Waals surface area (Å²) in [6, 6.07) is 17.0. The number of ketones is 1. The summed E-state index contributed by atoms with van der Waals surface area (Å²) in [5.74, 6) is 0.197. The zero-order valence-electron chi connectivity index (χ0n) is 16.2. The van der Waals surface area contributed by atoms with E-state index in [0.29, 0.717) is 17.0 Å². The molecule has 0 bridgehead atoms. The summed E-state index contributed by atoms with van der Waals surface area (Å²) in [6.07, 6.45) is 1.83. The first-order chi connectivity index (χ1) is 13.5. The van der Waals surface area contributed by atoms with E-state index in [1.165, 1.54) is 11.8 Å².